The van der Waals surface area contributed by atoms with E-state index < -0.39 is 15.9 Å². The van der Waals surface area contributed by atoms with E-state index in [1.165, 1.54) is 20.3 Å². The Morgan fingerprint density at radius 1 is 1.15 bits per heavy atom. The minimum absolute atomic E-state index is 0.0343. The van der Waals surface area contributed by atoms with Crippen LogP contribution in [0.5, 0.6) is 5.75 Å². The first-order valence-electron chi connectivity index (χ1n) is 8.07. The van der Waals surface area contributed by atoms with Crippen LogP contribution < -0.4 is 14.4 Å². The third kappa shape index (κ3) is 5.44. The SMILES string of the molecule is COCCNC(=O)CN(c1ccccc1)S(=O)(=O)c1cc(Br)ccc1OC. The molecule has 2 aromatic rings. The van der Waals surface area contributed by atoms with Crippen molar-refractivity contribution in [2.24, 2.45) is 0 Å². The minimum atomic E-state index is -4.06. The molecular weight excluding hydrogens is 436 g/mol. The lowest BCUT2D eigenvalue weighted by Crippen LogP contribution is -2.41. The van der Waals surface area contributed by atoms with Crippen molar-refractivity contribution in [2.45, 2.75) is 4.90 Å². The number of anilines is 1. The van der Waals surface area contributed by atoms with Crippen molar-refractivity contribution in [3.05, 3.63) is 53.0 Å². The van der Waals surface area contributed by atoms with Gasteiger partial charge in [-0.1, -0.05) is 34.1 Å². The fourth-order valence-corrected chi connectivity index (χ4v) is 4.48. The largest absolute Gasteiger partial charge is 0.495 e. The van der Waals surface area contributed by atoms with E-state index in [0.29, 0.717) is 16.8 Å². The molecule has 7 nitrogen and oxygen atoms in total. The van der Waals surface area contributed by atoms with Gasteiger partial charge in [-0.2, -0.15) is 0 Å². The van der Waals surface area contributed by atoms with E-state index in [4.69, 9.17) is 9.47 Å². The third-order valence-corrected chi connectivity index (χ3v) is 5.94. The van der Waals surface area contributed by atoms with E-state index in [-0.39, 0.29) is 23.7 Å². The number of nitrogens with zero attached hydrogens (tertiary/aromatic N) is 1. The van der Waals surface area contributed by atoms with Crippen molar-refractivity contribution in [1.29, 1.82) is 0 Å². The lowest BCUT2D eigenvalue weighted by atomic mass is 10.3. The smallest absolute Gasteiger partial charge is 0.268 e. The standard InChI is InChI=1S/C18H21BrN2O5S/c1-25-11-10-20-18(22)13-21(15-6-4-3-5-7-15)27(23,24)17-12-14(19)8-9-16(17)26-2/h3-9,12H,10-11,13H2,1-2H3,(H,20,22). The molecule has 0 unspecified atom stereocenters. The maximum Gasteiger partial charge on any atom is 0.268 e. The highest BCUT2D eigenvalue weighted by molar-refractivity contribution is 9.10. The minimum Gasteiger partial charge on any atom is -0.495 e. The number of hydrogen-bond acceptors (Lipinski definition) is 5. The summed E-state index contributed by atoms with van der Waals surface area (Å²) >= 11 is 3.28. The number of halogens is 1. The van der Waals surface area contributed by atoms with Crippen LogP contribution in [0.3, 0.4) is 0 Å². The zero-order valence-corrected chi connectivity index (χ0v) is 17.4. The summed E-state index contributed by atoms with van der Waals surface area (Å²) in [4.78, 5) is 12.3. The average Bonchev–Trinajstić information content (AvgIpc) is 2.67. The number of carbonyl (C=O) groups is 1. The molecule has 9 heteroatoms. The first-order chi connectivity index (χ1) is 12.9. The molecule has 0 radical (unpaired) electrons. The van der Waals surface area contributed by atoms with Gasteiger partial charge in [0, 0.05) is 18.1 Å². The lowest BCUT2D eigenvalue weighted by molar-refractivity contribution is -0.119. The Hall–Kier alpha value is -2.10. The van der Waals surface area contributed by atoms with Crippen LogP contribution >= 0.6 is 15.9 Å². The number of para-hydroxylation sites is 1. The van der Waals surface area contributed by atoms with Gasteiger partial charge in [-0.05, 0) is 30.3 Å². The summed E-state index contributed by atoms with van der Waals surface area (Å²) in [6.07, 6.45) is 0. The highest BCUT2D eigenvalue weighted by atomic mass is 79.9. The van der Waals surface area contributed by atoms with Crippen LogP contribution in [0.4, 0.5) is 5.69 Å². The van der Waals surface area contributed by atoms with Crippen molar-refractivity contribution >= 4 is 37.5 Å². The first kappa shape index (κ1) is 21.2. The predicted molar refractivity (Wildman–Crippen MR) is 107 cm³/mol. The first-order valence-corrected chi connectivity index (χ1v) is 10.3. The fourth-order valence-electron chi connectivity index (χ4n) is 2.36. The molecule has 0 spiro atoms. The molecule has 0 atom stereocenters. The molecule has 27 heavy (non-hydrogen) atoms. The van der Waals surface area contributed by atoms with Gasteiger partial charge in [0.1, 0.15) is 17.2 Å². The summed E-state index contributed by atoms with van der Waals surface area (Å²) in [5, 5.41) is 2.64. The topological polar surface area (TPSA) is 84.9 Å². The van der Waals surface area contributed by atoms with Crippen molar-refractivity contribution < 1.29 is 22.7 Å². The van der Waals surface area contributed by atoms with E-state index in [9.17, 15) is 13.2 Å². The normalized spacial score (nSPS) is 11.1. The predicted octanol–water partition coefficient (Wildman–Crippen LogP) is 2.42. The van der Waals surface area contributed by atoms with Gasteiger partial charge < -0.3 is 14.8 Å². The lowest BCUT2D eigenvalue weighted by Gasteiger charge is -2.25. The molecule has 0 aliphatic rings. The summed E-state index contributed by atoms with van der Waals surface area (Å²) in [5.74, 6) is -0.243. The van der Waals surface area contributed by atoms with Crippen molar-refractivity contribution in [3.8, 4) is 5.75 Å². The van der Waals surface area contributed by atoms with Crippen LogP contribution in [0.25, 0.3) is 0 Å². The number of nitrogens with one attached hydrogen (secondary N) is 1. The molecule has 2 rings (SSSR count). The van der Waals surface area contributed by atoms with Crippen molar-refractivity contribution in [3.63, 3.8) is 0 Å². The van der Waals surface area contributed by atoms with Gasteiger partial charge in [0.05, 0.1) is 19.4 Å². The molecule has 0 saturated heterocycles. The molecule has 0 bridgehead atoms. The number of benzene rings is 2. The maximum absolute atomic E-state index is 13.4. The number of sulfonamides is 1. The van der Waals surface area contributed by atoms with Crippen LogP contribution in [-0.2, 0) is 19.6 Å². The average molecular weight is 457 g/mol. The van der Waals surface area contributed by atoms with Gasteiger partial charge in [-0.25, -0.2) is 8.42 Å². The van der Waals surface area contributed by atoms with Crippen molar-refractivity contribution in [2.75, 3.05) is 38.2 Å². The van der Waals surface area contributed by atoms with Crippen LogP contribution in [0, 0.1) is 0 Å². The van der Waals surface area contributed by atoms with E-state index >= 15 is 0 Å². The van der Waals surface area contributed by atoms with Gasteiger partial charge in [-0.3, -0.25) is 9.10 Å². The van der Waals surface area contributed by atoms with Gasteiger partial charge in [0.2, 0.25) is 5.91 Å². The summed E-state index contributed by atoms with van der Waals surface area (Å²) in [7, 11) is -1.14. The Labute approximate surface area is 167 Å². The second-order valence-corrected chi connectivity index (χ2v) is 8.23. The van der Waals surface area contributed by atoms with Gasteiger partial charge >= 0.3 is 0 Å². The quantitative estimate of drug-likeness (QED) is 0.585. The second kappa shape index (κ2) is 9.72. The van der Waals surface area contributed by atoms with E-state index in [0.717, 1.165) is 4.31 Å². The van der Waals surface area contributed by atoms with E-state index in [1.807, 2.05) is 0 Å². The maximum atomic E-state index is 13.4. The zero-order valence-electron chi connectivity index (χ0n) is 15.0. The molecule has 146 valence electrons. The van der Waals surface area contributed by atoms with Gasteiger partial charge in [-0.15, -0.1) is 0 Å². The van der Waals surface area contributed by atoms with E-state index in [1.54, 1.807) is 42.5 Å². The highest BCUT2D eigenvalue weighted by Crippen LogP contribution is 2.32. The van der Waals surface area contributed by atoms with Crippen LogP contribution in [0.1, 0.15) is 0 Å². The number of ether oxygens (including phenoxy) is 2. The Balaban J connectivity index is 2.43. The molecule has 1 N–H and O–H groups in total. The number of hydrogen-bond donors (Lipinski definition) is 1. The van der Waals surface area contributed by atoms with Crippen molar-refractivity contribution in [1.82, 2.24) is 5.32 Å². The summed E-state index contributed by atoms with van der Waals surface area (Å²) in [6.45, 7) is 0.257. The molecule has 0 saturated carbocycles. The monoisotopic (exact) mass is 456 g/mol. The highest BCUT2D eigenvalue weighted by Gasteiger charge is 2.30. The molecule has 0 fully saturated rings. The summed E-state index contributed by atoms with van der Waals surface area (Å²) in [5.41, 5.74) is 0.376. The Kier molecular flexibility index (Phi) is 7.64. The Morgan fingerprint density at radius 3 is 2.48 bits per heavy atom. The zero-order chi connectivity index (χ0) is 19.9. The molecule has 0 aliphatic heterocycles. The van der Waals surface area contributed by atoms with E-state index in [2.05, 4.69) is 21.2 Å². The summed E-state index contributed by atoms with van der Waals surface area (Å²) < 4.78 is 38.4. The second-order valence-electron chi connectivity index (χ2n) is 5.49. The van der Waals surface area contributed by atoms with Gasteiger partial charge in [0.15, 0.2) is 0 Å². The van der Waals surface area contributed by atoms with Crippen LogP contribution in [-0.4, -0.2) is 48.2 Å². The molecule has 1 amide bonds. The van der Waals surface area contributed by atoms with Crippen LogP contribution in [0.15, 0.2) is 57.9 Å². The number of carbonyl (C=O) groups excluding carboxylic acids is 1. The Morgan fingerprint density at radius 2 is 1.85 bits per heavy atom. The molecule has 0 heterocycles. The van der Waals surface area contributed by atoms with Crippen LogP contribution in [0.2, 0.25) is 0 Å². The van der Waals surface area contributed by atoms with Gasteiger partial charge in [0.25, 0.3) is 10.0 Å². The molecule has 0 aromatic heterocycles. The molecule has 0 aliphatic carbocycles. The number of rotatable bonds is 9. The number of amides is 1. The molecular formula is C18H21BrN2O5S. The Bertz CT molecular complexity index is 875. The summed E-state index contributed by atoms with van der Waals surface area (Å²) in [6, 6.07) is 13.1. The number of methoxy groups -OCH3 is 2. The third-order valence-electron chi connectivity index (χ3n) is 3.65. The fraction of sp³-hybridized carbons (Fsp3) is 0.278. The molecule has 2 aromatic carbocycles.